The van der Waals surface area contributed by atoms with E-state index in [1.54, 1.807) is 0 Å². The second kappa shape index (κ2) is 6.72. The maximum absolute atomic E-state index is 13.6. The van der Waals surface area contributed by atoms with Gasteiger partial charge in [-0.15, -0.1) is 0 Å². The van der Waals surface area contributed by atoms with Crippen molar-refractivity contribution in [2.24, 2.45) is 11.8 Å². The molecule has 37 heavy (non-hydrogen) atoms. The van der Waals surface area contributed by atoms with Crippen LogP contribution in [0.25, 0.3) is 0 Å². The molecule has 12 nitrogen and oxygen atoms in total. The minimum absolute atomic E-state index is 0.206. The second-order valence-electron chi connectivity index (χ2n) is 13.3. The summed E-state index contributed by atoms with van der Waals surface area (Å²) in [5.74, 6) is -2.71. The van der Waals surface area contributed by atoms with E-state index in [1.165, 1.54) is 0 Å². The van der Waals surface area contributed by atoms with Gasteiger partial charge >= 0.3 is 222 Å². The number of nitro groups is 4. The molecule has 0 saturated heterocycles. The molecule has 0 spiro atoms. The van der Waals surface area contributed by atoms with Gasteiger partial charge in [-0.1, -0.05) is 0 Å². The molecule has 4 atom stereocenters. The van der Waals surface area contributed by atoms with Gasteiger partial charge in [0.1, 0.15) is 0 Å². The fourth-order valence-electron chi connectivity index (χ4n) is 14.4. The molecule has 6 saturated carbocycles. The van der Waals surface area contributed by atoms with Crippen LogP contribution < -0.4 is 0 Å². The van der Waals surface area contributed by atoms with Gasteiger partial charge < -0.3 is 0 Å². The molecule has 6 fully saturated rings. The van der Waals surface area contributed by atoms with Crippen molar-refractivity contribution >= 4 is 29.2 Å². The third kappa shape index (κ3) is 1.50. The van der Waals surface area contributed by atoms with Crippen molar-refractivity contribution in [1.82, 2.24) is 0 Å². The number of hydrogen-bond donors (Lipinski definition) is 0. The van der Waals surface area contributed by atoms with Gasteiger partial charge in [0.15, 0.2) is 0 Å². The van der Waals surface area contributed by atoms with Crippen molar-refractivity contribution in [2.75, 3.05) is 0 Å². The Morgan fingerprint density at radius 2 is 0.973 bits per heavy atom. The van der Waals surface area contributed by atoms with Crippen LogP contribution in [0.4, 0.5) is 0 Å². The minimum atomic E-state index is -4.28. The molecular weight excluding hydrogens is 696 g/mol. The van der Waals surface area contributed by atoms with Crippen LogP contribution in [0.3, 0.4) is 0 Å². The summed E-state index contributed by atoms with van der Waals surface area (Å²) in [4.78, 5) is 51.5. The summed E-state index contributed by atoms with van der Waals surface area (Å²) in [6, 6.07) is 0. The zero-order chi connectivity index (χ0) is 28.3. The maximum atomic E-state index is 13.6. The van der Waals surface area contributed by atoms with Crippen molar-refractivity contribution in [3.8, 4) is 0 Å². The Morgan fingerprint density at radius 3 is 1.19 bits per heavy atom. The first-order chi connectivity index (χ1) is 17.0. The first-order valence-corrected chi connectivity index (χ1v) is 26.0. The third-order valence-corrected chi connectivity index (χ3v) is 48.3. The Morgan fingerprint density at radius 1 is 0.649 bits per heavy atom. The van der Waals surface area contributed by atoms with E-state index in [4.69, 9.17) is 0 Å². The van der Waals surface area contributed by atoms with Gasteiger partial charge in [0, 0.05) is 0 Å². The van der Waals surface area contributed by atoms with Crippen molar-refractivity contribution in [3.63, 3.8) is 0 Å². The van der Waals surface area contributed by atoms with Gasteiger partial charge in [0.05, 0.1) is 0 Å². The third-order valence-electron chi connectivity index (χ3n) is 13.6. The van der Waals surface area contributed by atoms with E-state index < -0.39 is 90.9 Å². The average Bonchev–Trinajstić information content (AvgIpc) is 2.78. The molecule has 0 aliphatic heterocycles. The predicted octanol–water partition coefficient (Wildman–Crippen LogP) is 5.02. The van der Waals surface area contributed by atoms with Gasteiger partial charge in [-0.25, -0.2) is 0 Å². The molecule has 6 aliphatic carbocycles. The van der Waals surface area contributed by atoms with Crippen molar-refractivity contribution < 1.29 is 19.7 Å². The predicted molar refractivity (Wildman–Crippen MR) is 140 cm³/mol. The molecule has 0 aromatic carbocycles. The molecule has 6 rings (SSSR count). The molecule has 14 heteroatoms. The summed E-state index contributed by atoms with van der Waals surface area (Å²) in [5.41, 5.74) is -8.32. The molecule has 6 aliphatic rings. The van der Waals surface area contributed by atoms with Crippen molar-refractivity contribution in [3.05, 3.63) is 40.5 Å². The summed E-state index contributed by atoms with van der Waals surface area (Å²) in [6.07, 6.45) is 0. The monoisotopic (exact) mass is 734 g/mol. The summed E-state index contributed by atoms with van der Waals surface area (Å²) < 4.78 is -0.0389. The first-order valence-electron chi connectivity index (χ1n) is 13.6. The second-order valence-corrected chi connectivity index (χ2v) is 40.5. The van der Waals surface area contributed by atoms with Crippen LogP contribution in [-0.2, 0) is 0 Å². The molecule has 0 heterocycles. The summed E-state index contributed by atoms with van der Waals surface area (Å²) in [6.45, 7) is 17.3. The quantitative estimate of drug-likeness (QED) is 0.153. The zero-order valence-electron chi connectivity index (χ0n) is 23.1. The van der Waals surface area contributed by atoms with E-state index in [2.05, 4.69) is 0 Å². The Balaban J connectivity index is 2.05. The van der Waals surface area contributed by atoms with Crippen LogP contribution in [0.5, 0.6) is 0 Å². The number of rotatable bonds is 12. The molecule has 0 aromatic heterocycles. The topological polar surface area (TPSA) is 173 Å². The number of nitrogens with zero attached hydrogens (tertiary/aromatic N) is 4. The Kier molecular flexibility index (Phi) is 4.96. The average molecular weight is 734 g/mol. The van der Waals surface area contributed by atoms with Gasteiger partial charge in [-0.2, -0.15) is 0 Å². The SMILES string of the molecule is C[CH2][Pb]([CH2]C)([CH2]C)[C]12C3([N+](=O)[O-])C4C5([N+](=O)[O-])C3C1([N+](=O)[O-])C5([Si](C(C)C)(C(C)C)C(C)C)C42[N+](=O)[O-]. The van der Waals surface area contributed by atoms with Gasteiger partial charge in [0.25, 0.3) is 0 Å². The van der Waals surface area contributed by atoms with Crippen LogP contribution in [0.15, 0.2) is 0 Å². The normalized spacial score (nSPS) is 45.8. The van der Waals surface area contributed by atoms with Gasteiger partial charge in [-0.05, 0) is 0 Å². The molecule has 0 bridgehead atoms. The Bertz CT molecular complexity index is 1120. The first kappa shape index (κ1) is 27.3. The molecule has 0 N–H and O–H groups in total. The standard InChI is InChI=1S/C17H23N4O8Si.3C2H5.Pb/c1-7(2)30(8(3)4,9(5)6)17-14(19(24)25)10-13(18(22)23)11(14)16(17,21(28)29)12(13)15(10,17)20(26)27;3*1-2;/h7-11H,1-6H3;3*1H2,2H3;. The Hall–Kier alpha value is -1.26. The summed E-state index contributed by atoms with van der Waals surface area (Å²) in [5, 5.41) is 51.6. The molecule has 0 aromatic rings. The molecule has 206 valence electrons. The molecule has 4 unspecified atom stereocenters. The Labute approximate surface area is 221 Å². The van der Waals surface area contributed by atoms with Crippen LogP contribution in [-0.4, -0.2) is 71.1 Å². The fourth-order valence-corrected chi connectivity index (χ4v) is 51.6. The van der Waals surface area contributed by atoms with E-state index in [1.807, 2.05) is 62.3 Å². The van der Waals surface area contributed by atoms with E-state index in [-0.39, 0.29) is 16.6 Å². The van der Waals surface area contributed by atoms with Gasteiger partial charge in [0.2, 0.25) is 0 Å². The molecule has 0 amide bonds. The van der Waals surface area contributed by atoms with E-state index in [0.29, 0.717) is 11.9 Å². The summed E-state index contributed by atoms with van der Waals surface area (Å²) >= 11 is -4.28. The van der Waals surface area contributed by atoms with Crippen LogP contribution >= 0.6 is 0 Å². The molecule has 0 radical (unpaired) electrons. The van der Waals surface area contributed by atoms with Crippen molar-refractivity contribution in [2.45, 2.75) is 121 Å². The number of hydrogen-bond acceptors (Lipinski definition) is 8. The van der Waals surface area contributed by atoms with Crippen LogP contribution in [0.1, 0.15) is 62.3 Å². The van der Waals surface area contributed by atoms with E-state index in [0.717, 1.165) is 0 Å². The van der Waals surface area contributed by atoms with Gasteiger partial charge in [-0.3, -0.25) is 0 Å². The molecular formula is C23H38N4O8PbSi. The van der Waals surface area contributed by atoms with E-state index in [9.17, 15) is 40.5 Å². The van der Waals surface area contributed by atoms with E-state index >= 15 is 0 Å². The zero-order valence-corrected chi connectivity index (χ0v) is 28.0. The van der Waals surface area contributed by atoms with Crippen molar-refractivity contribution in [1.29, 1.82) is 0 Å². The fraction of sp³-hybridized carbons (Fsp3) is 1.00. The van der Waals surface area contributed by atoms with Crippen LogP contribution in [0.2, 0.25) is 36.6 Å². The van der Waals surface area contributed by atoms with Crippen LogP contribution in [0, 0.1) is 52.3 Å². The summed E-state index contributed by atoms with van der Waals surface area (Å²) in [7, 11) is -3.30.